The second kappa shape index (κ2) is 8.65. The van der Waals surface area contributed by atoms with E-state index < -0.39 is 37.0 Å². The summed E-state index contributed by atoms with van der Waals surface area (Å²) < 4.78 is 23.5. The number of halogens is 2. The zero-order valence-electron chi connectivity index (χ0n) is 14.8. The van der Waals surface area contributed by atoms with Gasteiger partial charge in [0.05, 0.1) is 13.2 Å². The molecule has 2 aromatic rings. The van der Waals surface area contributed by atoms with Gasteiger partial charge >= 0.3 is 0 Å². The highest BCUT2D eigenvalue weighted by Gasteiger charge is 2.47. The van der Waals surface area contributed by atoms with E-state index in [1.54, 1.807) is 36.4 Å². The number of benzene rings is 2. The number of hydrogen-bond acceptors (Lipinski definition) is 6. The predicted molar refractivity (Wildman–Crippen MR) is 102 cm³/mol. The summed E-state index contributed by atoms with van der Waals surface area (Å²) in [5.74, 6) is 0. The first kappa shape index (κ1) is 20.1. The SMILES string of the molecule is OC[C@@H]1OC(c2cccc(Cl)c2)O[C@@H]1[C@H]1OC(c2cccc(Cl)c2)OC[C@H]1O. The molecule has 4 rings (SSSR count). The summed E-state index contributed by atoms with van der Waals surface area (Å²) in [6.45, 7) is -0.224. The molecule has 2 saturated heterocycles. The molecule has 2 fully saturated rings. The third kappa shape index (κ3) is 4.20. The number of aliphatic hydroxyl groups excluding tert-OH is 2. The summed E-state index contributed by atoms with van der Waals surface area (Å²) in [6.07, 6.45) is -4.46. The van der Waals surface area contributed by atoms with Crippen LogP contribution < -0.4 is 0 Å². The molecule has 6 atom stereocenters. The van der Waals surface area contributed by atoms with Crippen molar-refractivity contribution in [3.63, 3.8) is 0 Å². The average molecular weight is 427 g/mol. The first-order valence-electron chi connectivity index (χ1n) is 8.93. The highest BCUT2D eigenvalue weighted by molar-refractivity contribution is 6.30. The van der Waals surface area contributed by atoms with Gasteiger partial charge in [-0.25, -0.2) is 0 Å². The smallest absolute Gasteiger partial charge is 0.185 e. The first-order chi connectivity index (χ1) is 13.5. The van der Waals surface area contributed by atoms with Gasteiger partial charge in [0.25, 0.3) is 0 Å². The van der Waals surface area contributed by atoms with Gasteiger partial charge in [-0.1, -0.05) is 47.5 Å². The van der Waals surface area contributed by atoms with Crippen molar-refractivity contribution >= 4 is 23.2 Å². The van der Waals surface area contributed by atoms with Gasteiger partial charge in [0.15, 0.2) is 12.6 Å². The average Bonchev–Trinajstić information content (AvgIpc) is 3.12. The molecule has 0 aliphatic carbocycles. The van der Waals surface area contributed by atoms with E-state index in [-0.39, 0.29) is 13.2 Å². The van der Waals surface area contributed by atoms with Crippen LogP contribution in [0.4, 0.5) is 0 Å². The van der Waals surface area contributed by atoms with Gasteiger partial charge in [0, 0.05) is 21.2 Å². The zero-order chi connectivity index (χ0) is 19.7. The van der Waals surface area contributed by atoms with Crippen LogP contribution >= 0.6 is 23.2 Å². The maximum Gasteiger partial charge on any atom is 0.185 e. The van der Waals surface area contributed by atoms with Crippen molar-refractivity contribution in [3.05, 3.63) is 69.7 Å². The Balaban J connectivity index is 1.53. The van der Waals surface area contributed by atoms with Crippen LogP contribution in [0.5, 0.6) is 0 Å². The fraction of sp³-hybridized carbons (Fsp3) is 0.400. The first-order valence-corrected chi connectivity index (χ1v) is 9.68. The van der Waals surface area contributed by atoms with Crippen molar-refractivity contribution in [2.75, 3.05) is 13.2 Å². The van der Waals surface area contributed by atoms with E-state index in [4.69, 9.17) is 42.1 Å². The van der Waals surface area contributed by atoms with E-state index in [0.29, 0.717) is 10.0 Å². The quantitative estimate of drug-likeness (QED) is 0.781. The molecular weight excluding hydrogens is 407 g/mol. The third-order valence-electron chi connectivity index (χ3n) is 4.77. The van der Waals surface area contributed by atoms with Crippen molar-refractivity contribution < 1.29 is 29.2 Å². The summed E-state index contributed by atoms with van der Waals surface area (Å²) in [5, 5.41) is 21.3. The molecule has 0 bridgehead atoms. The molecule has 2 heterocycles. The van der Waals surface area contributed by atoms with Gasteiger partial charge in [0.1, 0.15) is 24.4 Å². The number of aliphatic hydroxyl groups is 2. The van der Waals surface area contributed by atoms with E-state index >= 15 is 0 Å². The Bertz CT molecular complexity index is 775. The van der Waals surface area contributed by atoms with Crippen LogP contribution in [0.25, 0.3) is 0 Å². The lowest BCUT2D eigenvalue weighted by Crippen LogP contribution is -2.51. The number of rotatable bonds is 4. The lowest BCUT2D eigenvalue weighted by molar-refractivity contribution is -0.279. The highest BCUT2D eigenvalue weighted by atomic mass is 35.5. The van der Waals surface area contributed by atoms with Crippen LogP contribution in [0.3, 0.4) is 0 Å². The summed E-state index contributed by atoms with van der Waals surface area (Å²) >= 11 is 12.1. The highest BCUT2D eigenvalue weighted by Crippen LogP contribution is 2.38. The fourth-order valence-corrected chi connectivity index (χ4v) is 3.82. The van der Waals surface area contributed by atoms with E-state index in [9.17, 15) is 10.2 Å². The van der Waals surface area contributed by atoms with Crippen LogP contribution in [0.15, 0.2) is 48.5 Å². The van der Waals surface area contributed by atoms with Crippen LogP contribution in [0.2, 0.25) is 10.0 Å². The molecule has 2 aliphatic heterocycles. The number of hydrogen-bond donors (Lipinski definition) is 2. The van der Waals surface area contributed by atoms with Crippen molar-refractivity contribution in [2.24, 2.45) is 0 Å². The monoisotopic (exact) mass is 426 g/mol. The second-order valence-electron chi connectivity index (χ2n) is 6.73. The number of ether oxygens (including phenoxy) is 4. The topological polar surface area (TPSA) is 77.4 Å². The Kier molecular flexibility index (Phi) is 6.20. The molecule has 0 saturated carbocycles. The van der Waals surface area contributed by atoms with Gasteiger partial charge in [-0.2, -0.15) is 0 Å². The molecule has 0 spiro atoms. The largest absolute Gasteiger partial charge is 0.394 e. The Labute approximate surface area is 172 Å². The van der Waals surface area contributed by atoms with Gasteiger partial charge < -0.3 is 29.2 Å². The predicted octanol–water partition coefficient (Wildman–Crippen LogP) is 3.24. The molecular formula is C20H20Cl2O6. The third-order valence-corrected chi connectivity index (χ3v) is 5.24. The minimum Gasteiger partial charge on any atom is -0.394 e. The van der Waals surface area contributed by atoms with Crippen molar-refractivity contribution in [3.8, 4) is 0 Å². The van der Waals surface area contributed by atoms with E-state index in [2.05, 4.69) is 0 Å². The Morgan fingerprint density at radius 2 is 1.46 bits per heavy atom. The van der Waals surface area contributed by atoms with Gasteiger partial charge in [-0.05, 0) is 24.3 Å². The van der Waals surface area contributed by atoms with Crippen molar-refractivity contribution in [2.45, 2.75) is 37.0 Å². The minimum absolute atomic E-state index is 0.0572. The molecule has 0 aromatic heterocycles. The molecule has 8 heteroatoms. The van der Waals surface area contributed by atoms with E-state index in [1.807, 2.05) is 12.1 Å². The Hall–Kier alpha value is -1.22. The summed E-state index contributed by atoms with van der Waals surface area (Å²) in [4.78, 5) is 0. The van der Waals surface area contributed by atoms with Crippen LogP contribution in [0.1, 0.15) is 23.7 Å². The van der Waals surface area contributed by atoms with Crippen molar-refractivity contribution in [1.82, 2.24) is 0 Å². The zero-order valence-corrected chi connectivity index (χ0v) is 16.3. The van der Waals surface area contributed by atoms with Gasteiger partial charge in [0.2, 0.25) is 0 Å². The molecule has 6 nitrogen and oxygen atoms in total. The Morgan fingerprint density at radius 3 is 2.07 bits per heavy atom. The van der Waals surface area contributed by atoms with Crippen molar-refractivity contribution in [1.29, 1.82) is 0 Å². The Morgan fingerprint density at radius 1 is 0.857 bits per heavy atom. The normalized spacial score (nSPS) is 33.1. The van der Waals surface area contributed by atoms with E-state index in [0.717, 1.165) is 11.1 Å². The molecule has 2 unspecified atom stereocenters. The van der Waals surface area contributed by atoms with Gasteiger partial charge in [-0.3, -0.25) is 0 Å². The lowest BCUT2D eigenvalue weighted by atomic mass is 10.0. The maximum atomic E-state index is 10.4. The molecule has 2 N–H and O–H groups in total. The summed E-state index contributed by atoms with van der Waals surface area (Å²) in [7, 11) is 0. The molecule has 2 aromatic carbocycles. The molecule has 0 radical (unpaired) electrons. The second-order valence-corrected chi connectivity index (χ2v) is 7.61. The van der Waals surface area contributed by atoms with Crippen LogP contribution in [-0.2, 0) is 18.9 Å². The minimum atomic E-state index is -0.934. The summed E-state index contributed by atoms with van der Waals surface area (Å²) in [5.41, 5.74) is 1.46. The maximum absolute atomic E-state index is 10.4. The van der Waals surface area contributed by atoms with Crippen LogP contribution in [-0.4, -0.2) is 47.8 Å². The molecule has 0 amide bonds. The molecule has 150 valence electrons. The molecule has 2 aliphatic rings. The fourth-order valence-electron chi connectivity index (χ4n) is 3.42. The van der Waals surface area contributed by atoms with E-state index in [1.165, 1.54) is 0 Å². The van der Waals surface area contributed by atoms with Gasteiger partial charge in [-0.15, -0.1) is 0 Å². The molecule has 28 heavy (non-hydrogen) atoms. The van der Waals surface area contributed by atoms with Crippen LogP contribution in [0, 0.1) is 0 Å². The standard InChI is InChI=1S/C20H20Cl2O6/c21-13-5-1-3-11(7-13)19-25-10-15(24)17(27-19)18-16(9-23)26-20(28-18)12-4-2-6-14(22)8-12/h1-8,15-20,23-24H,9-10H2/t15-,16+,17+,18+,19?,20?/m1/s1. The lowest BCUT2D eigenvalue weighted by Gasteiger charge is -2.37. The summed E-state index contributed by atoms with van der Waals surface area (Å²) in [6, 6.07) is 14.2.